The summed E-state index contributed by atoms with van der Waals surface area (Å²) >= 11 is 0. The van der Waals surface area contributed by atoms with Crippen LogP contribution < -0.4 is 4.72 Å². The van der Waals surface area contributed by atoms with Gasteiger partial charge in [-0.25, -0.2) is 8.42 Å². The molecule has 0 radical (unpaired) electrons. The molecule has 1 saturated heterocycles. The number of sulfonamides is 1. The Balaban J connectivity index is 1.13. The summed E-state index contributed by atoms with van der Waals surface area (Å²) in [5.74, 6) is 1.24. The van der Waals surface area contributed by atoms with E-state index in [2.05, 4.69) is 52.9 Å². The van der Waals surface area contributed by atoms with Gasteiger partial charge in [0, 0.05) is 50.7 Å². The monoisotopic (exact) mass is 452 g/mol. The molecule has 1 aliphatic heterocycles. The van der Waals surface area contributed by atoms with Gasteiger partial charge in [0.15, 0.2) is 0 Å². The Morgan fingerprint density at radius 3 is 2.28 bits per heavy atom. The lowest BCUT2D eigenvalue weighted by atomic mass is 9.91. The van der Waals surface area contributed by atoms with Crippen LogP contribution in [0.15, 0.2) is 48.5 Å². The molecular formula is C26H32N2O3S. The minimum atomic E-state index is -3.23. The predicted molar refractivity (Wildman–Crippen MR) is 126 cm³/mol. The second-order valence-electron chi connectivity index (χ2n) is 10.6. The largest absolute Gasteiger partial charge is 0.376 e. The maximum absolute atomic E-state index is 12.4. The van der Waals surface area contributed by atoms with Crippen LogP contribution in [0.4, 0.5) is 5.69 Å². The Kier molecular flexibility index (Phi) is 4.56. The van der Waals surface area contributed by atoms with Gasteiger partial charge in [-0.1, -0.05) is 43.3 Å². The van der Waals surface area contributed by atoms with Gasteiger partial charge in [0.25, 0.3) is 0 Å². The van der Waals surface area contributed by atoms with Crippen molar-refractivity contribution in [3.8, 4) is 0 Å². The van der Waals surface area contributed by atoms with E-state index in [4.69, 9.17) is 4.74 Å². The van der Waals surface area contributed by atoms with Crippen LogP contribution in [0.3, 0.4) is 0 Å². The fourth-order valence-electron chi connectivity index (χ4n) is 6.45. The molecule has 0 bridgehead atoms. The van der Waals surface area contributed by atoms with Crippen molar-refractivity contribution in [2.45, 2.75) is 48.9 Å². The van der Waals surface area contributed by atoms with Gasteiger partial charge in [0.2, 0.25) is 10.0 Å². The fraction of sp³-hybridized carbons (Fsp3) is 0.538. The first kappa shape index (κ1) is 20.7. The highest BCUT2D eigenvalue weighted by Gasteiger charge is 2.66. The van der Waals surface area contributed by atoms with E-state index in [1.54, 1.807) is 0 Å². The Bertz CT molecular complexity index is 1120. The third-order valence-corrected chi connectivity index (χ3v) is 10.5. The first-order chi connectivity index (χ1) is 15.3. The Labute approximate surface area is 191 Å². The minimum absolute atomic E-state index is 0.113. The maximum Gasteiger partial charge on any atom is 0.235 e. The molecule has 1 N–H and O–H groups in total. The lowest BCUT2D eigenvalue weighted by Crippen LogP contribution is -2.46. The summed E-state index contributed by atoms with van der Waals surface area (Å²) < 4.78 is 33.6. The number of piperidine rings is 1. The lowest BCUT2D eigenvalue weighted by Gasteiger charge is -2.34. The second-order valence-corrected chi connectivity index (χ2v) is 12.6. The van der Waals surface area contributed by atoms with Gasteiger partial charge in [0.05, 0.1) is 10.9 Å². The molecule has 170 valence electrons. The smallest absolute Gasteiger partial charge is 0.235 e. The Morgan fingerprint density at radius 1 is 1.03 bits per heavy atom. The van der Waals surface area contributed by atoms with Gasteiger partial charge >= 0.3 is 0 Å². The van der Waals surface area contributed by atoms with Crippen LogP contribution in [-0.2, 0) is 33.0 Å². The first-order valence-electron chi connectivity index (χ1n) is 11.8. The molecule has 6 heteroatoms. The number of nitrogens with zero attached hydrogens (tertiary/aromatic N) is 1. The van der Waals surface area contributed by atoms with E-state index in [-0.39, 0.29) is 16.3 Å². The van der Waals surface area contributed by atoms with Crippen LogP contribution >= 0.6 is 0 Å². The summed E-state index contributed by atoms with van der Waals surface area (Å²) in [6.45, 7) is 5.50. The molecule has 0 aromatic heterocycles. The van der Waals surface area contributed by atoms with Crippen molar-refractivity contribution in [2.75, 3.05) is 31.5 Å². The molecule has 3 aliphatic carbocycles. The highest BCUT2D eigenvalue weighted by atomic mass is 32.2. The lowest BCUT2D eigenvalue weighted by molar-refractivity contribution is -0.0274. The van der Waals surface area contributed by atoms with Crippen molar-refractivity contribution < 1.29 is 13.2 Å². The van der Waals surface area contributed by atoms with E-state index in [0.29, 0.717) is 17.5 Å². The summed E-state index contributed by atoms with van der Waals surface area (Å²) in [6, 6.07) is 16.8. The molecule has 5 nitrogen and oxygen atoms in total. The number of nitrogens with one attached hydrogen (secondary N) is 1. The van der Waals surface area contributed by atoms with Crippen molar-refractivity contribution in [2.24, 2.45) is 11.8 Å². The van der Waals surface area contributed by atoms with Gasteiger partial charge < -0.3 is 4.74 Å². The van der Waals surface area contributed by atoms with E-state index in [9.17, 15) is 8.42 Å². The van der Waals surface area contributed by atoms with E-state index < -0.39 is 10.0 Å². The van der Waals surface area contributed by atoms with Crippen LogP contribution in [0.1, 0.15) is 36.5 Å². The molecule has 2 atom stereocenters. The van der Waals surface area contributed by atoms with E-state index in [1.165, 1.54) is 16.7 Å². The quantitative estimate of drug-likeness (QED) is 0.698. The van der Waals surface area contributed by atoms with Crippen LogP contribution in [0.25, 0.3) is 0 Å². The molecule has 3 fully saturated rings. The summed E-state index contributed by atoms with van der Waals surface area (Å²) in [7, 11) is -1.37. The van der Waals surface area contributed by atoms with Crippen LogP contribution in [-0.4, -0.2) is 50.9 Å². The number of methoxy groups -OCH3 is 1. The molecule has 1 heterocycles. The summed E-state index contributed by atoms with van der Waals surface area (Å²) in [4.78, 5) is 2.59. The SMILES string of the molecule is COC1(CN2CC3C(C2)C3(C)c2cccc(NS(=O)(=O)C3CC3)c2)Cc2ccccc2C1. The third-order valence-electron chi connectivity index (χ3n) is 8.62. The Morgan fingerprint density at radius 2 is 1.69 bits per heavy atom. The molecule has 2 aromatic carbocycles. The number of benzene rings is 2. The molecule has 6 rings (SSSR count). The fourth-order valence-corrected chi connectivity index (χ4v) is 7.83. The number of likely N-dealkylation sites (tertiary alicyclic amines) is 1. The zero-order chi connectivity index (χ0) is 22.1. The predicted octanol–water partition coefficient (Wildman–Crippen LogP) is 3.59. The maximum atomic E-state index is 12.4. The summed E-state index contributed by atoms with van der Waals surface area (Å²) in [5.41, 5.74) is 4.84. The number of rotatable bonds is 7. The number of hydrogen-bond acceptors (Lipinski definition) is 4. The average Bonchev–Trinajstić information content (AvgIpc) is 3.62. The van der Waals surface area contributed by atoms with Crippen LogP contribution in [0.5, 0.6) is 0 Å². The van der Waals surface area contributed by atoms with Crippen molar-refractivity contribution in [3.05, 3.63) is 65.2 Å². The minimum Gasteiger partial charge on any atom is -0.376 e. The van der Waals surface area contributed by atoms with Gasteiger partial charge in [-0.15, -0.1) is 0 Å². The van der Waals surface area contributed by atoms with Crippen LogP contribution in [0.2, 0.25) is 0 Å². The molecule has 2 saturated carbocycles. The van der Waals surface area contributed by atoms with Crippen molar-refractivity contribution in [1.82, 2.24) is 4.90 Å². The zero-order valence-electron chi connectivity index (χ0n) is 18.9. The number of ether oxygens (including phenoxy) is 1. The van der Waals surface area contributed by atoms with Gasteiger partial charge in [-0.3, -0.25) is 9.62 Å². The third kappa shape index (κ3) is 3.30. The number of fused-ring (bicyclic) bond motifs is 2. The molecule has 32 heavy (non-hydrogen) atoms. The molecule has 0 spiro atoms. The summed E-state index contributed by atoms with van der Waals surface area (Å²) in [5, 5.41) is -0.203. The zero-order valence-corrected chi connectivity index (χ0v) is 19.7. The normalized spacial score (nSPS) is 30.7. The van der Waals surface area contributed by atoms with Crippen molar-refractivity contribution >= 4 is 15.7 Å². The molecule has 2 aromatic rings. The van der Waals surface area contributed by atoms with Crippen molar-refractivity contribution in [1.29, 1.82) is 0 Å². The Hall–Kier alpha value is -1.89. The first-order valence-corrected chi connectivity index (χ1v) is 13.3. The number of anilines is 1. The molecule has 4 aliphatic rings. The molecular weight excluding hydrogens is 420 g/mol. The highest BCUT2D eigenvalue weighted by Crippen LogP contribution is 2.63. The standard InChI is InChI=1S/C26H32N2O3S/c1-25(20-8-5-9-21(12-20)27-32(29,30)22-10-11-22)23-15-28(16-24(23)25)17-26(31-2)13-18-6-3-4-7-19(18)14-26/h3-9,12,22-24,27H,10-11,13-17H2,1-2H3. The number of hydrogen-bond donors (Lipinski definition) is 1. The van der Waals surface area contributed by atoms with E-state index in [0.717, 1.165) is 45.3 Å². The molecule has 0 amide bonds. The van der Waals surface area contributed by atoms with Crippen LogP contribution in [0, 0.1) is 11.8 Å². The van der Waals surface area contributed by atoms with Gasteiger partial charge in [0.1, 0.15) is 0 Å². The van der Waals surface area contributed by atoms with Crippen molar-refractivity contribution in [3.63, 3.8) is 0 Å². The second kappa shape index (κ2) is 7.05. The van der Waals surface area contributed by atoms with Gasteiger partial charge in [-0.2, -0.15) is 0 Å². The average molecular weight is 453 g/mol. The molecule has 2 unspecified atom stereocenters. The van der Waals surface area contributed by atoms with E-state index in [1.807, 2.05) is 19.2 Å². The summed E-state index contributed by atoms with van der Waals surface area (Å²) in [6.07, 6.45) is 3.54. The topological polar surface area (TPSA) is 58.6 Å². The highest BCUT2D eigenvalue weighted by molar-refractivity contribution is 7.93. The van der Waals surface area contributed by atoms with Gasteiger partial charge in [-0.05, 0) is 53.5 Å². The van der Waals surface area contributed by atoms with E-state index >= 15 is 0 Å².